The summed E-state index contributed by atoms with van der Waals surface area (Å²) >= 11 is 6.13. The summed E-state index contributed by atoms with van der Waals surface area (Å²) in [6.45, 7) is 0.272. The maximum atomic E-state index is 6.13. The van der Waals surface area contributed by atoms with Crippen molar-refractivity contribution in [3.05, 3.63) is 53.4 Å². The molecule has 0 atom stereocenters. The minimum absolute atomic E-state index is 0.272. The number of anilines is 1. The molecule has 3 rings (SSSR count). The van der Waals surface area contributed by atoms with E-state index in [0.29, 0.717) is 22.3 Å². The Hall–Kier alpha value is -2.27. The van der Waals surface area contributed by atoms with Gasteiger partial charge in [-0.1, -0.05) is 29.8 Å². The molecule has 0 amide bonds. The third kappa shape index (κ3) is 2.20. The van der Waals surface area contributed by atoms with Crippen LogP contribution in [0.1, 0.15) is 5.82 Å². The quantitative estimate of drug-likeness (QED) is 0.746. The number of hydrogen-bond acceptors (Lipinski definition) is 4. The first-order valence-corrected chi connectivity index (χ1v) is 6.09. The summed E-state index contributed by atoms with van der Waals surface area (Å²) in [5, 5.41) is 8.57. The van der Waals surface area contributed by atoms with Gasteiger partial charge in [0.05, 0.1) is 5.69 Å². The molecule has 0 bridgehead atoms. The molecule has 0 spiro atoms. The van der Waals surface area contributed by atoms with Crippen molar-refractivity contribution < 1.29 is 4.74 Å². The first kappa shape index (κ1) is 11.8. The number of nitrogens with zero attached hydrogens (tertiary/aromatic N) is 3. The summed E-state index contributed by atoms with van der Waals surface area (Å²) < 4.78 is 7.31. The van der Waals surface area contributed by atoms with Crippen LogP contribution in [0.2, 0.25) is 5.15 Å². The molecule has 6 heteroatoms. The molecular weight excluding hydrogens is 264 g/mol. The number of aromatic nitrogens is 3. The SMILES string of the molecule is Nc1ccc(Cl)n2c(COc3ccccc3)nnc12. The van der Waals surface area contributed by atoms with E-state index in [0.717, 1.165) is 5.75 Å². The third-order valence-electron chi connectivity index (χ3n) is 2.71. The van der Waals surface area contributed by atoms with Crippen molar-refractivity contribution in [1.29, 1.82) is 0 Å². The number of ether oxygens (including phenoxy) is 1. The Morgan fingerprint density at radius 2 is 1.89 bits per heavy atom. The van der Waals surface area contributed by atoms with Gasteiger partial charge in [0, 0.05) is 0 Å². The molecule has 0 saturated heterocycles. The van der Waals surface area contributed by atoms with Crippen molar-refractivity contribution >= 4 is 22.9 Å². The summed E-state index contributed by atoms with van der Waals surface area (Å²) in [5.41, 5.74) is 6.89. The highest BCUT2D eigenvalue weighted by Crippen LogP contribution is 2.20. The number of nitrogens with two attached hydrogens (primary N) is 1. The molecule has 0 saturated carbocycles. The summed E-state index contributed by atoms with van der Waals surface area (Å²) in [6, 6.07) is 12.9. The molecule has 96 valence electrons. The van der Waals surface area contributed by atoms with Gasteiger partial charge >= 0.3 is 0 Å². The highest BCUT2D eigenvalue weighted by Gasteiger charge is 2.11. The molecule has 2 heterocycles. The van der Waals surface area contributed by atoms with Crippen molar-refractivity contribution in [2.75, 3.05) is 5.73 Å². The molecule has 1 aromatic carbocycles. The van der Waals surface area contributed by atoms with Gasteiger partial charge in [0.2, 0.25) is 0 Å². The number of halogens is 1. The number of benzene rings is 1. The zero-order valence-corrected chi connectivity index (χ0v) is 10.7. The second kappa shape index (κ2) is 4.78. The van der Waals surface area contributed by atoms with E-state index in [1.807, 2.05) is 30.3 Å². The fourth-order valence-corrected chi connectivity index (χ4v) is 2.03. The lowest BCUT2D eigenvalue weighted by Crippen LogP contribution is -2.03. The standard InChI is InChI=1S/C13H11ClN4O/c14-11-7-6-10(15)13-17-16-12(18(11)13)8-19-9-4-2-1-3-5-9/h1-7H,8,15H2. The van der Waals surface area contributed by atoms with E-state index in [9.17, 15) is 0 Å². The minimum Gasteiger partial charge on any atom is -0.486 e. The summed E-state index contributed by atoms with van der Waals surface area (Å²) in [4.78, 5) is 0. The number of pyridine rings is 1. The lowest BCUT2D eigenvalue weighted by molar-refractivity contribution is 0.294. The second-order valence-corrected chi connectivity index (χ2v) is 4.38. The predicted octanol–water partition coefficient (Wildman–Crippen LogP) is 2.54. The normalized spacial score (nSPS) is 10.8. The first-order valence-electron chi connectivity index (χ1n) is 5.71. The molecule has 0 aliphatic rings. The van der Waals surface area contributed by atoms with Crippen LogP contribution in [0.25, 0.3) is 5.65 Å². The zero-order chi connectivity index (χ0) is 13.2. The van der Waals surface area contributed by atoms with Gasteiger partial charge in [-0.25, -0.2) is 0 Å². The van der Waals surface area contributed by atoms with E-state index in [1.54, 1.807) is 16.5 Å². The van der Waals surface area contributed by atoms with Crippen LogP contribution in [0.4, 0.5) is 5.69 Å². The Balaban J connectivity index is 1.92. The fourth-order valence-electron chi connectivity index (χ4n) is 1.79. The molecule has 19 heavy (non-hydrogen) atoms. The lowest BCUT2D eigenvalue weighted by Gasteiger charge is -2.06. The average Bonchev–Trinajstić information content (AvgIpc) is 2.87. The number of nitrogen functional groups attached to an aromatic ring is 1. The van der Waals surface area contributed by atoms with E-state index in [2.05, 4.69) is 10.2 Å². The summed E-state index contributed by atoms with van der Waals surface area (Å²) in [6.07, 6.45) is 0. The molecule has 0 radical (unpaired) electrons. The smallest absolute Gasteiger partial charge is 0.185 e. The van der Waals surface area contributed by atoms with Gasteiger partial charge in [-0.05, 0) is 24.3 Å². The Labute approximate surface area is 114 Å². The van der Waals surface area contributed by atoms with Gasteiger partial charge < -0.3 is 10.5 Å². The van der Waals surface area contributed by atoms with Gasteiger partial charge in [0.1, 0.15) is 17.5 Å². The van der Waals surface area contributed by atoms with E-state index in [1.165, 1.54) is 0 Å². The third-order valence-corrected chi connectivity index (χ3v) is 3.01. The second-order valence-electron chi connectivity index (χ2n) is 3.99. The van der Waals surface area contributed by atoms with Crippen LogP contribution in [0, 0.1) is 0 Å². The Morgan fingerprint density at radius 3 is 2.68 bits per heavy atom. The van der Waals surface area contributed by atoms with Crippen molar-refractivity contribution in [3.8, 4) is 5.75 Å². The molecule has 0 aliphatic carbocycles. The van der Waals surface area contributed by atoms with E-state index < -0.39 is 0 Å². The predicted molar refractivity (Wildman–Crippen MR) is 73.2 cm³/mol. The van der Waals surface area contributed by atoms with Gasteiger partial charge in [-0.3, -0.25) is 4.40 Å². The topological polar surface area (TPSA) is 65.4 Å². The molecule has 2 aromatic heterocycles. The number of fused-ring (bicyclic) bond motifs is 1. The van der Waals surface area contributed by atoms with Crippen LogP contribution in [-0.2, 0) is 6.61 Å². The lowest BCUT2D eigenvalue weighted by atomic mass is 10.3. The van der Waals surface area contributed by atoms with Crippen LogP contribution in [0.5, 0.6) is 5.75 Å². The van der Waals surface area contributed by atoms with Crippen molar-refractivity contribution in [3.63, 3.8) is 0 Å². The fraction of sp³-hybridized carbons (Fsp3) is 0.0769. The Bertz CT molecular complexity index is 711. The van der Waals surface area contributed by atoms with Gasteiger partial charge in [0.25, 0.3) is 0 Å². The number of para-hydroxylation sites is 1. The van der Waals surface area contributed by atoms with Gasteiger partial charge in [0.15, 0.2) is 11.5 Å². The zero-order valence-electron chi connectivity index (χ0n) is 9.95. The number of hydrogen-bond donors (Lipinski definition) is 1. The van der Waals surface area contributed by atoms with Crippen LogP contribution in [-0.4, -0.2) is 14.6 Å². The molecule has 5 nitrogen and oxygen atoms in total. The maximum Gasteiger partial charge on any atom is 0.185 e. The molecule has 0 unspecified atom stereocenters. The van der Waals surface area contributed by atoms with Crippen molar-refractivity contribution in [2.45, 2.75) is 6.61 Å². The molecule has 3 aromatic rings. The van der Waals surface area contributed by atoms with Crippen LogP contribution in [0.3, 0.4) is 0 Å². The summed E-state index contributed by atoms with van der Waals surface area (Å²) in [7, 11) is 0. The van der Waals surface area contributed by atoms with Crippen LogP contribution >= 0.6 is 11.6 Å². The number of rotatable bonds is 3. The minimum atomic E-state index is 0.272. The van der Waals surface area contributed by atoms with Gasteiger partial charge in [-0.15, -0.1) is 10.2 Å². The molecule has 2 N–H and O–H groups in total. The first-order chi connectivity index (χ1) is 9.25. The largest absolute Gasteiger partial charge is 0.486 e. The van der Waals surface area contributed by atoms with Crippen molar-refractivity contribution in [2.24, 2.45) is 0 Å². The monoisotopic (exact) mass is 274 g/mol. The Kier molecular flexibility index (Phi) is 2.97. The molecule has 0 aliphatic heterocycles. The highest BCUT2D eigenvalue weighted by atomic mass is 35.5. The van der Waals surface area contributed by atoms with E-state index in [4.69, 9.17) is 22.1 Å². The molecule has 0 fully saturated rings. The van der Waals surface area contributed by atoms with E-state index >= 15 is 0 Å². The van der Waals surface area contributed by atoms with Crippen LogP contribution < -0.4 is 10.5 Å². The van der Waals surface area contributed by atoms with Gasteiger partial charge in [-0.2, -0.15) is 0 Å². The maximum absolute atomic E-state index is 6.13. The van der Waals surface area contributed by atoms with Crippen LogP contribution in [0.15, 0.2) is 42.5 Å². The molecular formula is C13H11ClN4O. The average molecular weight is 275 g/mol. The summed E-state index contributed by atoms with van der Waals surface area (Å²) in [5.74, 6) is 1.37. The Morgan fingerprint density at radius 1 is 1.11 bits per heavy atom. The van der Waals surface area contributed by atoms with Crippen molar-refractivity contribution in [1.82, 2.24) is 14.6 Å². The van der Waals surface area contributed by atoms with E-state index in [-0.39, 0.29) is 6.61 Å². The highest BCUT2D eigenvalue weighted by molar-refractivity contribution is 6.29.